The Morgan fingerprint density at radius 3 is 2.72 bits per heavy atom. The van der Waals surface area contributed by atoms with Crippen molar-refractivity contribution in [2.75, 3.05) is 0 Å². The van der Waals surface area contributed by atoms with E-state index in [1.54, 1.807) is 0 Å². The van der Waals surface area contributed by atoms with Crippen LogP contribution in [0.1, 0.15) is 26.6 Å². The number of nitrogens with two attached hydrogens (primary N) is 1. The summed E-state index contributed by atoms with van der Waals surface area (Å²) in [6.07, 6.45) is 0.642. The standard InChI is InChI=1S/C15H19N3/c1-4-18-13-9-6-5-8-12(13)17-14(18)10-7-11-15(2,3)16/h5-6,8-9H,4,10,16H2,1-3H3. The van der Waals surface area contributed by atoms with Crippen LogP contribution in [0.3, 0.4) is 0 Å². The monoisotopic (exact) mass is 241 g/mol. The summed E-state index contributed by atoms with van der Waals surface area (Å²) < 4.78 is 2.20. The van der Waals surface area contributed by atoms with E-state index >= 15 is 0 Å². The molecule has 1 aromatic heterocycles. The number of aryl methyl sites for hydroxylation is 1. The fourth-order valence-electron chi connectivity index (χ4n) is 1.96. The highest BCUT2D eigenvalue weighted by Crippen LogP contribution is 2.15. The molecule has 1 heterocycles. The Hall–Kier alpha value is -1.79. The molecule has 0 unspecified atom stereocenters. The molecule has 2 rings (SSSR count). The first-order chi connectivity index (χ1) is 8.51. The third kappa shape index (κ3) is 2.72. The van der Waals surface area contributed by atoms with Gasteiger partial charge in [0.05, 0.1) is 23.0 Å². The van der Waals surface area contributed by atoms with Crippen molar-refractivity contribution in [3.63, 3.8) is 0 Å². The Morgan fingerprint density at radius 1 is 1.33 bits per heavy atom. The first kappa shape index (κ1) is 12.7. The van der Waals surface area contributed by atoms with Crippen molar-refractivity contribution in [2.45, 2.75) is 39.3 Å². The van der Waals surface area contributed by atoms with Gasteiger partial charge < -0.3 is 10.3 Å². The number of para-hydroxylation sites is 2. The normalized spacial score (nSPS) is 11.3. The Balaban J connectivity index is 2.35. The summed E-state index contributed by atoms with van der Waals surface area (Å²) in [4.78, 5) is 4.62. The molecule has 0 saturated carbocycles. The molecule has 3 nitrogen and oxygen atoms in total. The number of fused-ring (bicyclic) bond motifs is 1. The number of imidazole rings is 1. The molecular formula is C15H19N3. The van der Waals surface area contributed by atoms with Gasteiger partial charge in [-0.2, -0.15) is 0 Å². The van der Waals surface area contributed by atoms with Crippen LogP contribution in [0.25, 0.3) is 11.0 Å². The maximum Gasteiger partial charge on any atom is 0.121 e. The van der Waals surface area contributed by atoms with Crippen molar-refractivity contribution >= 4 is 11.0 Å². The van der Waals surface area contributed by atoms with E-state index in [1.165, 1.54) is 5.52 Å². The summed E-state index contributed by atoms with van der Waals surface area (Å²) in [6, 6.07) is 8.17. The van der Waals surface area contributed by atoms with Gasteiger partial charge in [-0.1, -0.05) is 24.0 Å². The van der Waals surface area contributed by atoms with Crippen LogP contribution in [0.4, 0.5) is 0 Å². The van der Waals surface area contributed by atoms with Crippen molar-refractivity contribution in [3.8, 4) is 11.8 Å². The van der Waals surface area contributed by atoms with E-state index in [1.807, 2.05) is 32.0 Å². The molecule has 0 spiro atoms. The molecule has 3 heteroatoms. The minimum atomic E-state index is -0.441. The van der Waals surface area contributed by atoms with Gasteiger partial charge in [0.2, 0.25) is 0 Å². The van der Waals surface area contributed by atoms with Gasteiger partial charge in [0.1, 0.15) is 5.82 Å². The van der Waals surface area contributed by atoms with Crippen molar-refractivity contribution in [1.82, 2.24) is 9.55 Å². The predicted molar refractivity (Wildman–Crippen MR) is 75.2 cm³/mol. The van der Waals surface area contributed by atoms with Crippen LogP contribution < -0.4 is 5.73 Å². The van der Waals surface area contributed by atoms with Gasteiger partial charge in [-0.25, -0.2) is 4.98 Å². The van der Waals surface area contributed by atoms with Crippen molar-refractivity contribution in [2.24, 2.45) is 5.73 Å². The average Bonchev–Trinajstić information content (AvgIpc) is 2.64. The zero-order chi connectivity index (χ0) is 13.2. The molecule has 2 aromatic rings. The molecule has 0 atom stereocenters. The van der Waals surface area contributed by atoms with Gasteiger partial charge >= 0.3 is 0 Å². The fraction of sp³-hybridized carbons (Fsp3) is 0.400. The molecule has 0 bridgehead atoms. The summed E-state index contributed by atoms with van der Waals surface area (Å²) in [7, 11) is 0. The topological polar surface area (TPSA) is 43.8 Å². The summed E-state index contributed by atoms with van der Waals surface area (Å²) in [6.45, 7) is 6.84. The van der Waals surface area contributed by atoms with E-state index in [0.717, 1.165) is 17.9 Å². The minimum absolute atomic E-state index is 0.441. The van der Waals surface area contributed by atoms with Gasteiger partial charge in [-0.3, -0.25) is 0 Å². The number of hydrogen-bond acceptors (Lipinski definition) is 2. The molecule has 0 fully saturated rings. The first-order valence-electron chi connectivity index (χ1n) is 6.24. The first-order valence-corrected chi connectivity index (χ1v) is 6.24. The van der Waals surface area contributed by atoms with E-state index < -0.39 is 5.54 Å². The van der Waals surface area contributed by atoms with E-state index in [4.69, 9.17) is 5.73 Å². The number of rotatable bonds is 2. The van der Waals surface area contributed by atoms with Gasteiger partial charge in [0, 0.05) is 6.54 Å². The maximum absolute atomic E-state index is 5.84. The molecule has 0 aliphatic heterocycles. The summed E-state index contributed by atoms with van der Waals surface area (Å²) in [5, 5.41) is 0. The molecule has 0 aliphatic carbocycles. The van der Waals surface area contributed by atoms with Crippen molar-refractivity contribution in [1.29, 1.82) is 0 Å². The quantitative estimate of drug-likeness (QED) is 0.820. The lowest BCUT2D eigenvalue weighted by Crippen LogP contribution is -2.29. The van der Waals surface area contributed by atoms with Crippen LogP contribution in [-0.2, 0) is 13.0 Å². The highest BCUT2D eigenvalue weighted by atomic mass is 15.1. The lowest BCUT2D eigenvalue weighted by Gasteiger charge is -2.07. The Bertz CT molecular complexity index is 606. The van der Waals surface area contributed by atoms with Crippen LogP contribution in [0.5, 0.6) is 0 Å². The van der Waals surface area contributed by atoms with Crippen molar-refractivity contribution in [3.05, 3.63) is 30.1 Å². The lowest BCUT2D eigenvalue weighted by molar-refractivity contribution is 0.679. The Morgan fingerprint density at radius 2 is 2.06 bits per heavy atom. The minimum Gasteiger partial charge on any atom is -0.327 e. The van der Waals surface area contributed by atoms with E-state index in [-0.39, 0.29) is 0 Å². The fourth-order valence-corrected chi connectivity index (χ4v) is 1.96. The van der Waals surface area contributed by atoms with Crippen LogP contribution in [-0.4, -0.2) is 15.1 Å². The van der Waals surface area contributed by atoms with E-state index in [0.29, 0.717) is 6.42 Å². The molecule has 0 aliphatic rings. The summed E-state index contributed by atoms with van der Waals surface area (Å²) in [5.74, 6) is 7.17. The molecule has 1 aromatic carbocycles. The second-order valence-corrected chi connectivity index (χ2v) is 4.96. The lowest BCUT2D eigenvalue weighted by atomic mass is 10.1. The second-order valence-electron chi connectivity index (χ2n) is 4.96. The van der Waals surface area contributed by atoms with Crippen LogP contribution in [0, 0.1) is 11.8 Å². The molecular weight excluding hydrogens is 222 g/mol. The second kappa shape index (κ2) is 4.83. The smallest absolute Gasteiger partial charge is 0.121 e. The maximum atomic E-state index is 5.84. The van der Waals surface area contributed by atoms with Crippen LogP contribution >= 0.6 is 0 Å². The van der Waals surface area contributed by atoms with E-state index in [9.17, 15) is 0 Å². The van der Waals surface area contributed by atoms with E-state index in [2.05, 4.69) is 34.4 Å². The predicted octanol–water partition coefficient (Wildman–Crippen LogP) is 2.34. The highest BCUT2D eigenvalue weighted by Gasteiger charge is 2.08. The molecule has 18 heavy (non-hydrogen) atoms. The molecule has 0 radical (unpaired) electrons. The Kier molecular flexibility index (Phi) is 3.40. The largest absolute Gasteiger partial charge is 0.327 e. The van der Waals surface area contributed by atoms with Crippen LogP contribution in [0.2, 0.25) is 0 Å². The Labute approximate surface area is 108 Å². The summed E-state index contributed by atoms with van der Waals surface area (Å²) >= 11 is 0. The van der Waals surface area contributed by atoms with Gasteiger partial charge in [-0.15, -0.1) is 0 Å². The van der Waals surface area contributed by atoms with Gasteiger partial charge in [0.15, 0.2) is 0 Å². The highest BCUT2D eigenvalue weighted by molar-refractivity contribution is 5.75. The average molecular weight is 241 g/mol. The number of aromatic nitrogens is 2. The molecule has 0 saturated heterocycles. The number of benzene rings is 1. The third-order valence-electron chi connectivity index (χ3n) is 2.71. The number of nitrogens with zero attached hydrogens (tertiary/aromatic N) is 2. The molecule has 0 amide bonds. The molecule has 94 valence electrons. The van der Waals surface area contributed by atoms with Gasteiger partial charge in [0.25, 0.3) is 0 Å². The SMILES string of the molecule is CCn1c(CC#CC(C)(C)N)nc2ccccc21. The zero-order valence-corrected chi connectivity index (χ0v) is 11.2. The molecule has 2 N–H and O–H groups in total. The van der Waals surface area contributed by atoms with Crippen LogP contribution in [0.15, 0.2) is 24.3 Å². The number of hydrogen-bond donors (Lipinski definition) is 1. The van der Waals surface area contributed by atoms with Gasteiger partial charge in [-0.05, 0) is 32.9 Å². The third-order valence-corrected chi connectivity index (χ3v) is 2.71. The summed E-state index contributed by atoms with van der Waals surface area (Å²) in [5.41, 5.74) is 7.60. The zero-order valence-electron chi connectivity index (χ0n) is 11.2. The van der Waals surface area contributed by atoms with Crippen molar-refractivity contribution < 1.29 is 0 Å².